The quantitative estimate of drug-likeness (QED) is 0.719. The van der Waals surface area contributed by atoms with Crippen molar-refractivity contribution >= 4 is 48.1 Å². The maximum atomic E-state index is 12.1. The molecule has 0 saturated carbocycles. The molecule has 9 heteroatoms. The monoisotopic (exact) mass is 375 g/mol. The van der Waals surface area contributed by atoms with Crippen LogP contribution < -0.4 is 20.9 Å². The number of carbonyl (C=O) groups is 2. The Morgan fingerprint density at radius 1 is 1.38 bits per heavy atom. The van der Waals surface area contributed by atoms with Crippen molar-refractivity contribution in [2.24, 2.45) is 11.8 Å². The van der Waals surface area contributed by atoms with Gasteiger partial charge in [-0.15, -0.1) is 24.8 Å². The summed E-state index contributed by atoms with van der Waals surface area (Å²) in [6.45, 7) is 5.47. The minimum Gasteiger partial charge on any atom is -0.353 e. The average Bonchev–Trinajstić information content (AvgIpc) is 2.46. The van der Waals surface area contributed by atoms with Crippen molar-refractivity contribution in [3.63, 3.8) is 0 Å². The lowest BCUT2D eigenvalue weighted by molar-refractivity contribution is -0.121. The number of halogens is 2. The highest BCUT2D eigenvalue weighted by molar-refractivity contribution is 5.92. The topological polar surface area (TPSA) is 86.4 Å². The smallest absolute Gasteiger partial charge is 0.239 e. The number of amides is 2. The van der Waals surface area contributed by atoms with Crippen molar-refractivity contribution in [2.45, 2.75) is 6.92 Å². The van der Waals surface area contributed by atoms with Gasteiger partial charge in [-0.1, -0.05) is 6.92 Å². The first kappa shape index (κ1) is 20.5. The van der Waals surface area contributed by atoms with E-state index >= 15 is 0 Å². The zero-order valence-corrected chi connectivity index (χ0v) is 15.1. The number of pyridine rings is 1. The highest BCUT2D eigenvalue weighted by Gasteiger charge is 2.28. The zero-order valence-electron chi connectivity index (χ0n) is 13.4. The Bertz CT molecular complexity index is 565. The molecule has 1 atom stereocenters. The van der Waals surface area contributed by atoms with E-state index in [0.717, 1.165) is 25.5 Å². The largest absolute Gasteiger partial charge is 0.353 e. The van der Waals surface area contributed by atoms with Crippen molar-refractivity contribution in [1.82, 2.24) is 15.6 Å². The predicted molar refractivity (Wildman–Crippen MR) is 98.1 cm³/mol. The molecule has 0 radical (unpaired) electrons. The number of rotatable bonds is 4. The number of nitrogens with zero attached hydrogens (tertiary/aromatic N) is 2. The third-order valence-corrected chi connectivity index (χ3v) is 4.31. The molecule has 2 amide bonds. The third-order valence-electron chi connectivity index (χ3n) is 4.31. The second kappa shape index (κ2) is 9.05. The van der Waals surface area contributed by atoms with Crippen LogP contribution in [0.25, 0.3) is 0 Å². The summed E-state index contributed by atoms with van der Waals surface area (Å²) in [6.07, 6.45) is 1.64. The Labute approximate surface area is 153 Å². The van der Waals surface area contributed by atoms with Gasteiger partial charge in [0.05, 0.1) is 18.4 Å². The molecule has 7 nitrogen and oxygen atoms in total. The molecule has 1 unspecified atom stereocenters. The molecule has 1 aromatic rings. The molecule has 0 spiro atoms. The Kier molecular flexibility index (Phi) is 7.72. The molecule has 2 saturated heterocycles. The zero-order chi connectivity index (χ0) is 15.5. The second-order valence-corrected chi connectivity index (χ2v) is 5.87. The van der Waals surface area contributed by atoms with E-state index in [1.807, 2.05) is 24.0 Å². The lowest BCUT2D eigenvalue weighted by Crippen LogP contribution is -2.48. The molecule has 1 aromatic heterocycles. The minimum atomic E-state index is -0.00767. The molecule has 3 N–H and O–H groups in total. The summed E-state index contributed by atoms with van der Waals surface area (Å²) >= 11 is 0. The molecule has 2 fully saturated rings. The van der Waals surface area contributed by atoms with E-state index in [1.54, 1.807) is 6.20 Å². The van der Waals surface area contributed by atoms with Crippen LogP contribution in [0.2, 0.25) is 0 Å². The van der Waals surface area contributed by atoms with Gasteiger partial charge in [0.15, 0.2) is 0 Å². The van der Waals surface area contributed by atoms with Gasteiger partial charge >= 0.3 is 0 Å². The maximum absolute atomic E-state index is 12.1. The van der Waals surface area contributed by atoms with Crippen molar-refractivity contribution in [3.05, 3.63) is 18.3 Å². The molecule has 0 aliphatic carbocycles. The predicted octanol–water partition coefficient (Wildman–Crippen LogP) is 0.655. The van der Waals surface area contributed by atoms with E-state index in [-0.39, 0.29) is 42.5 Å². The molecule has 24 heavy (non-hydrogen) atoms. The van der Waals surface area contributed by atoms with Crippen LogP contribution in [-0.2, 0) is 9.59 Å². The van der Waals surface area contributed by atoms with Gasteiger partial charge in [-0.2, -0.15) is 0 Å². The van der Waals surface area contributed by atoms with Crippen molar-refractivity contribution in [1.29, 1.82) is 0 Å². The fourth-order valence-electron chi connectivity index (χ4n) is 2.62. The third kappa shape index (κ3) is 4.72. The van der Waals surface area contributed by atoms with Crippen LogP contribution >= 0.6 is 24.8 Å². The highest BCUT2D eigenvalue weighted by Crippen LogP contribution is 2.19. The highest BCUT2D eigenvalue weighted by atomic mass is 35.5. The Balaban J connectivity index is 0.00000144. The van der Waals surface area contributed by atoms with Gasteiger partial charge in [-0.05, 0) is 31.1 Å². The SMILES string of the molecule is CC(C(=O)Nc1ccc(N2CCNC(=O)C2)nc1)C1CNC1.Cl.Cl. The van der Waals surface area contributed by atoms with Crippen LogP contribution in [0.1, 0.15) is 6.92 Å². The summed E-state index contributed by atoms with van der Waals surface area (Å²) in [5.41, 5.74) is 0.689. The van der Waals surface area contributed by atoms with Gasteiger partial charge in [-0.3, -0.25) is 9.59 Å². The van der Waals surface area contributed by atoms with E-state index in [1.165, 1.54) is 0 Å². The summed E-state index contributed by atoms with van der Waals surface area (Å²) in [6, 6.07) is 3.67. The van der Waals surface area contributed by atoms with Crippen LogP contribution in [0.3, 0.4) is 0 Å². The number of nitrogens with one attached hydrogen (secondary N) is 3. The lowest BCUT2D eigenvalue weighted by Gasteiger charge is -2.31. The average molecular weight is 376 g/mol. The van der Waals surface area contributed by atoms with Gasteiger partial charge in [0.2, 0.25) is 11.8 Å². The summed E-state index contributed by atoms with van der Waals surface area (Å²) in [4.78, 5) is 29.8. The number of piperazine rings is 1. The number of hydrogen-bond donors (Lipinski definition) is 3. The van der Waals surface area contributed by atoms with Gasteiger partial charge in [0.25, 0.3) is 0 Å². The summed E-state index contributed by atoms with van der Waals surface area (Å²) in [5, 5.41) is 8.86. The molecule has 134 valence electrons. The Morgan fingerprint density at radius 3 is 2.67 bits per heavy atom. The number of aromatic nitrogens is 1. The Morgan fingerprint density at radius 2 is 2.12 bits per heavy atom. The van der Waals surface area contributed by atoms with E-state index < -0.39 is 0 Å². The first-order valence-corrected chi connectivity index (χ1v) is 7.63. The molecule has 0 bridgehead atoms. The fraction of sp³-hybridized carbons (Fsp3) is 0.533. The van der Waals surface area contributed by atoms with Gasteiger partial charge in [0.1, 0.15) is 5.82 Å². The van der Waals surface area contributed by atoms with Crippen molar-refractivity contribution in [3.8, 4) is 0 Å². The first-order chi connectivity index (χ1) is 10.6. The van der Waals surface area contributed by atoms with Crippen LogP contribution in [0, 0.1) is 11.8 Å². The summed E-state index contributed by atoms with van der Waals surface area (Å²) in [7, 11) is 0. The molecular formula is C15H23Cl2N5O2. The van der Waals surface area contributed by atoms with E-state index in [4.69, 9.17) is 0 Å². The van der Waals surface area contributed by atoms with Crippen molar-refractivity contribution in [2.75, 3.05) is 42.9 Å². The van der Waals surface area contributed by atoms with E-state index in [9.17, 15) is 9.59 Å². The van der Waals surface area contributed by atoms with Gasteiger partial charge in [0, 0.05) is 19.0 Å². The van der Waals surface area contributed by atoms with Crippen molar-refractivity contribution < 1.29 is 9.59 Å². The molecular weight excluding hydrogens is 353 g/mol. The van der Waals surface area contributed by atoms with Gasteiger partial charge < -0.3 is 20.9 Å². The minimum absolute atomic E-state index is 0. The number of hydrogen-bond acceptors (Lipinski definition) is 5. The van der Waals surface area contributed by atoms with E-state index in [2.05, 4.69) is 20.9 Å². The maximum Gasteiger partial charge on any atom is 0.239 e. The number of anilines is 2. The Hall–Kier alpha value is -1.57. The van der Waals surface area contributed by atoms with Crippen LogP contribution in [-0.4, -0.2) is 49.5 Å². The first-order valence-electron chi connectivity index (χ1n) is 7.63. The molecule has 3 heterocycles. The van der Waals surface area contributed by atoms with E-state index in [0.29, 0.717) is 24.7 Å². The van der Waals surface area contributed by atoms with Crippen LogP contribution in [0.15, 0.2) is 18.3 Å². The number of carbonyl (C=O) groups excluding carboxylic acids is 2. The summed E-state index contributed by atoms with van der Waals surface area (Å²) < 4.78 is 0. The molecule has 0 aromatic carbocycles. The van der Waals surface area contributed by atoms with Crippen LogP contribution in [0.4, 0.5) is 11.5 Å². The molecule has 2 aliphatic heterocycles. The molecule has 2 aliphatic rings. The lowest BCUT2D eigenvalue weighted by atomic mass is 9.88. The second-order valence-electron chi connectivity index (χ2n) is 5.87. The standard InChI is InChI=1S/C15H21N5O2.2ClH/c1-10(11-6-16-7-11)15(22)19-12-2-3-13(18-8-12)20-5-4-17-14(21)9-20;;/h2-3,8,10-11,16H,4-7,9H2,1H3,(H,17,21)(H,19,22);2*1H. The van der Waals surface area contributed by atoms with Gasteiger partial charge in [-0.25, -0.2) is 4.98 Å². The summed E-state index contributed by atoms with van der Waals surface area (Å²) in [5.74, 6) is 1.20. The normalized spacial score (nSPS) is 18.4. The molecule has 3 rings (SSSR count). The van der Waals surface area contributed by atoms with Crippen LogP contribution in [0.5, 0.6) is 0 Å². The fourth-order valence-corrected chi connectivity index (χ4v) is 2.62.